The number of carboxylic acid groups (broad SMARTS) is 1. The molecule has 1 aromatic rings. The van der Waals surface area contributed by atoms with Crippen LogP contribution in [-0.2, 0) is 0 Å². The third-order valence-corrected chi connectivity index (χ3v) is 2.70. The van der Waals surface area contributed by atoms with Gasteiger partial charge in [0.2, 0.25) is 5.75 Å². The summed E-state index contributed by atoms with van der Waals surface area (Å²) in [6.45, 7) is 0.352. The molecule has 0 aliphatic carbocycles. The number of hydrogen-bond acceptors (Lipinski definition) is 6. The topological polar surface area (TPSA) is 112 Å². The van der Waals surface area contributed by atoms with Crippen molar-refractivity contribution in [1.82, 2.24) is 4.98 Å². The average molecular weight is 305 g/mol. The first-order chi connectivity index (χ1) is 8.02. The minimum absolute atomic E-state index is 0.00431. The van der Waals surface area contributed by atoms with Crippen molar-refractivity contribution in [3.63, 3.8) is 0 Å². The predicted molar refractivity (Wildman–Crippen MR) is 56.5 cm³/mol. The van der Waals surface area contributed by atoms with Gasteiger partial charge in [-0.1, -0.05) is 0 Å². The summed E-state index contributed by atoms with van der Waals surface area (Å²) in [7, 11) is 0. The summed E-state index contributed by atoms with van der Waals surface area (Å²) in [5, 5.41) is 19.6. The molecule has 9 heteroatoms. The second-order valence-electron chi connectivity index (χ2n) is 3.02. The van der Waals surface area contributed by atoms with Crippen LogP contribution in [0.25, 0.3) is 0 Å². The molecule has 0 spiro atoms. The first-order valence-corrected chi connectivity index (χ1v) is 5.18. The molecule has 0 saturated heterocycles. The highest BCUT2D eigenvalue weighted by atomic mass is 79.9. The van der Waals surface area contributed by atoms with E-state index in [-0.39, 0.29) is 29.2 Å². The molecule has 0 aromatic carbocycles. The van der Waals surface area contributed by atoms with Crippen molar-refractivity contribution in [3.05, 3.63) is 20.3 Å². The number of ether oxygens (including phenoxy) is 2. The Bertz CT molecular complexity index is 517. The van der Waals surface area contributed by atoms with Gasteiger partial charge in [-0.2, -0.15) is 0 Å². The predicted octanol–water partition coefficient (Wildman–Crippen LogP) is 1.22. The van der Waals surface area contributed by atoms with Crippen LogP contribution < -0.4 is 9.47 Å². The maximum Gasteiger partial charge on any atom is 0.384 e. The summed E-state index contributed by atoms with van der Waals surface area (Å²) in [4.78, 5) is 24.3. The maximum atomic E-state index is 10.9. The highest BCUT2D eigenvalue weighted by molar-refractivity contribution is 9.10. The Labute approximate surface area is 102 Å². The van der Waals surface area contributed by atoms with Crippen molar-refractivity contribution in [2.75, 3.05) is 13.2 Å². The second kappa shape index (κ2) is 4.17. The van der Waals surface area contributed by atoms with Gasteiger partial charge in [0, 0.05) is 0 Å². The quantitative estimate of drug-likeness (QED) is 0.645. The van der Waals surface area contributed by atoms with E-state index in [2.05, 4.69) is 20.9 Å². The van der Waals surface area contributed by atoms with Crippen LogP contribution >= 0.6 is 15.9 Å². The number of nitrogens with zero attached hydrogens (tertiary/aromatic N) is 2. The van der Waals surface area contributed by atoms with Crippen molar-refractivity contribution in [2.24, 2.45) is 0 Å². The Morgan fingerprint density at radius 3 is 2.53 bits per heavy atom. The Balaban J connectivity index is 2.72. The molecule has 2 rings (SSSR count). The van der Waals surface area contributed by atoms with Gasteiger partial charge in [-0.15, -0.1) is 0 Å². The number of rotatable bonds is 2. The molecule has 0 fully saturated rings. The van der Waals surface area contributed by atoms with Crippen LogP contribution in [0.2, 0.25) is 0 Å². The van der Waals surface area contributed by atoms with Gasteiger partial charge in [-0.05, 0) is 25.8 Å². The van der Waals surface area contributed by atoms with Crippen LogP contribution in [-0.4, -0.2) is 34.2 Å². The number of halogens is 1. The third kappa shape index (κ3) is 1.88. The van der Waals surface area contributed by atoms with E-state index in [9.17, 15) is 14.9 Å². The van der Waals surface area contributed by atoms with E-state index in [1.54, 1.807) is 0 Å². The number of carboxylic acids is 1. The van der Waals surface area contributed by atoms with Gasteiger partial charge in [0.1, 0.15) is 13.2 Å². The number of fused-ring (bicyclic) bond motifs is 1. The lowest BCUT2D eigenvalue weighted by Crippen LogP contribution is -2.20. The molecule has 0 saturated carbocycles. The molecule has 1 aliphatic heterocycles. The molecule has 0 unspecified atom stereocenters. The van der Waals surface area contributed by atoms with E-state index in [1.807, 2.05) is 0 Å². The fourth-order valence-electron chi connectivity index (χ4n) is 1.33. The van der Waals surface area contributed by atoms with Gasteiger partial charge in [0.25, 0.3) is 0 Å². The highest BCUT2D eigenvalue weighted by Gasteiger charge is 2.34. The lowest BCUT2D eigenvalue weighted by molar-refractivity contribution is -0.390. The Hall–Kier alpha value is -1.90. The SMILES string of the molecule is O=C(O)c1nc([N+](=O)[O-])c(Br)c2c1OCCO2. The van der Waals surface area contributed by atoms with Crippen LogP contribution in [0.3, 0.4) is 0 Å². The number of pyridine rings is 1. The summed E-state index contributed by atoms with van der Waals surface area (Å²) in [6, 6.07) is 0. The smallest absolute Gasteiger partial charge is 0.384 e. The Morgan fingerprint density at radius 2 is 2.00 bits per heavy atom. The highest BCUT2D eigenvalue weighted by Crippen LogP contribution is 2.43. The number of carbonyl (C=O) groups is 1. The first kappa shape index (κ1) is 11.6. The molecule has 1 aromatic heterocycles. The molecular formula is C8H5BrN2O6. The van der Waals surface area contributed by atoms with Crippen molar-refractivity contribution in [2.45, 2.75) is 0 Å². The minimum atomic E-state index is -1.41. The van der Waals surface area contributed by atoms with Crippen molar-refractivity contribution in [1.29, 1.82) is 0 Å². The van der Waals surface area contributed by atoms with Crippen LogP contribution in [0.5, 0.6) is 11.5 Å². The zero-order chi connectivity index (χ0) is 12.6. The number of hydrogen-bond donors (Lipinski definition) is 1. The van der Waals surface area contributed by atoms with Gasteiger partial charge in [0.05, 0.1) is 0 Å². The number of aromatic carboxylic acids is 1. The molecule has 2 heterocycles. The van der Waals surface area contributed by atoms with E-state index >= 15 is 0 Å². The lowest BCUT2D eigenvalue weighted by Gasteiger charge is -2.18. The summed E-state index contributed by atoms with van der Waals surface area (Å²) >= 11 is 2.95. The van der Waals surface area contributed by atoms with E-state index in [0.29, 0.717) is 0 Å². The first-order valence-electron chi connectivity index (χ1n) is 4.39. The zero-order valence-corrected chi connectivity index (χ0v) is 9.76. The van der Waals surface area contributed by atoms with Crippen molar-refractivity contribution in [3.8, 4) is 11.5 Å². The van der Waals surface area contributed by atoms with Gasteiger partial charge in [-0.25, -0.2) is 4.79 Å². The van der Waals surface area contributed by atoms with E-state index in [0.717, 1.165) is 0 Å². The lowest BCUT2D eigenvalue weighted by atomic mass is 10.2. The fraction of sp³-hybridized carbons (Fsp3) is 0.250. The third-order valence-electron chi connectivity index (χ3n) is 1.99. The van der Waals surface area contributed by atoms with Gasteiger partial charge in [0.15, 0.2) is 10.2 Å². The normalized spacial score (nSPS) is 13.2. The van der Waals surface area contributed by atoms with Crippen LogP contribution in [0.15, 0.2) is 4.47 Å². The molecular weight excluding hydrogens is 300 g/mol. The number of nitro groups is 1. The van der Waals surface area contributed by atoms with Crippen molar-refractivity contribution < 1.29 is 24.3 Å². The molecule has 90 valence electrons. The van der Waals surface area contributed by atoms with Gasteiger partial charge >= 0.3 is 17.5 Å². The Morgan fingerprint density at radius 1 is 1.41 bits per heavy atom. The second-order valence-corrected chi connectivity index (χ2v) is 3.81. The summed E-state index contributed by atoms with van der Waals surface area (Å²) in [6.07, 6.45) is 0. The molecule has 8 nitrogen and oxygen atoms in total. The maximum absolute atomic E-state index is 10.9. The number of aromatic nitrogens is 1. The molecule has 1 N–H and O–H groups in total. The van der Waals surface area contributed by atoms with Crippen LogP contribution in [0.1, 0.15) is 10.5 Å². The molecule has 0 atom stereocenters. The summed E-state index contributed by atoms with van der Waals surface area (Å²) in [5.74, 6) is -2.13. The molecule has 0 radical (unpaired) electrons. The van der Waals surface area contributed by atoms with Gasteiger partial charge in [-0.3, -0.25) is 0 Å². The summed E-state index contributed by atoms with van der Waals surface area (Å²) < 4.78 is 10.2. The zero-order valence-electron chi connectivity index (χ0n) is 8.18. The molecule has 0 amide bonds. The monoisotopic (exact) mass is 304 g/mol. The van der Waals surface area contributed by atoms with E-state index in [4.69, 9.17) is 14.6 Å². The van der Waals surface area contributed by atoms with Crippen LogP contribution in [0, 0.1) is 10.1 Å². The standard InChI is InChI=1S/C8H5BrN2O6/c9-3-5-6(17-2-1-16-5)4(8(12)13)10-7(3)11(14)15/h1-2H2,(H,12,13). The Kier molecular flexibility index (Phi) is 2.84. The largest absolute Gasteiger partial charge is 0.484 e. The van der Waals surface area contributed by atoms with Crippen LogP contribution in [0.4, 0.5) is 5.82 Å². The average Bonchev–Trinajstić information content (AvgIpc) is 2.29. The molecule has 0 bridgehead atoms. The molecule has 17 heavy (non-hydrogen) atoms. The van der Waals surface area contributed by atoms with E-state index < -0.39 is 22.4 Å². The van der Waals surface area contributed by atoms with Crippen molar-refractivity contribution >= 4 is 27.7 Å². The minimum Gasteiger partial charge on any atom is -0.484 e. The van der Waals surface area contributed by atoms with Gasteiger partial charge < -0.3 is 24.7 Å². The fourth-order valence-corrected chi connectivity index (χ4v) is 1.86. The molecule has 1 aliphatic rings. The summed E-state index contributed by atoms with van der Waals surface area (Å²) in [5.41, 5.74) is -0.533. The van der Waals surface area contributed by atoms with E-state index in [1.165, 1.54) is 0 Å².